The first kappa shape index (κ1) is 13.0. The number of carbonyl (C=O) groups is 1. The third-order valence-electron chi connectivity index (χ3n) is 2.27. The molecule has 1 heterocycles. The Morgan fingerprint density at radius 3 is 2.62 bits per heavy atom. The summed E-state index contributed by atoms with van der Waals surface area (Å²) in [4.78, 5) is 22.9. The fraction of sp³-hybridized carbons (Fsp3) is 0.700. The molecule has 1 N–H and O–H groups in total. The number of carbonyl (C=O) groups excluding carboxylic acids is 1. The maximum absolute atomic E-state index is 11.5. The largest absolute Gasteiger partial charge is 0.344 e. The number of aromatic amines is 1. The van der Waals surface area contributed by atoms with E-state index in [4.69, 9.17) is 0 Å². The van der Waals surface area contributed by atoms with Crippen LogP contribution in [0.15, 0.2) is 9.95 Å². The van der Waals surface area contributed by atoms with Gasteiger partial charge in [0.2, 0.25) is 0 Å². The summed E-state index contributed by atoms with van der Waals surface area (Å²) in [6.07, 6.45) is 0.504. The van der Waals surface area contributed by atoms with Gasteiger partial charge < -0.3 is 0 Å². The van der Waals surface area contributed by atoms with E-state index in [1.54, 1.807) is 4.57 Å². The lowest BCUT2D eigenvalue weighted by Gasteiger charge is -2.11. The van der Waals surface area contributed by atoms with E-state index in [-0.39, 0.29) is 22.8 Å². The number of thioether (sulfide) groups is 1. The molecule has 90 valence electrons. The molecule has 16 heavy (non-hydrogen) atoms. The number of Topliss-reactive ketones (excluding diaryl/α,β-unsaturated/α-hetero) is 1. The third kappa shape index (κ3) is 2.75. The van der Waals surface area contributed by atoms with Gasteiger partial charge in [-0.15, -0.1) is 5.10 Å². The summed E-state index contributed by atoms with van der Waals surface area (Å²) in [5, 5.41) is 6.75. The van der Waals surface area contributed by atoms with Crippen LogP contribution in [-0.2, 0) is 4.79 Å². The maximum Gasteiger partial charge on any atom is 0.344 e. The molecule has 5 nitrogen and oxygen atoms in total. The van der Waals surface area contributed by atoms with E-state index < -0.39 is 0 Å². The molecule has 6 heteroatoms. The van der Waals surface area contributed by atoms with Gasteiger partial charge in [0, 0.05) is 12.5 Å². The summed E-state index contributed by atoms with van der Waals surface area (Å²) < 4.78 is 1.56. The molecule has 0 saturated carbocycles. The molecular formula is C10H17N3O2S. The number of rotatable bonds is 5. The van der Waals surface area contributed by atoms with E-state index >= 15 is 0 Å². The molecular weight excluding hydrogens is 226 g/mol. The predicted molar refractivity (Wildman–Crippen MR) is 63.8 cm³/mol. The third-order valence-corrected chi connectivity index (χ3v) is 3.39. The van der Waals surface area contributed by atoms with Crippen LogP contribution in [0.5, 0.6) is 0 Å². The number of ketones is 1. The van der Waals surface area contributed by atoms with E-state index in [1.807, 2.05) is 27.7 Å². The summed E-state index contributed by atoms with van der Waals surface area (Å²) in [6.45, 7) is 7.49. The highest BCUT2D eigenvalue weighted by Gasteiger charge is 2.18. The SMILES string of the molecule is CCC(=O)C(C)Sc1n[nH]c(=O)n1C(C)C. The van der Waals surface area contributed by atoms with E-state index in [2.05, 4.69) is 10.2 Å². The fourth-order valence-electron chi connectivity index (χ4n) is 1.34. The van der Waals surface area contributed by atoms with Gasteiger partial charge in [-0.05, 0) is 20.8 Å². The van der Waals surface area contributed by atoms with Gasteiger partial charge in [-0.2, -0.15) is 0 Å². The van der Waals surface area contributed by atoms with Gasteiger partial charge in [-0.25, -0.2) is 9.89 Å². The Labute approximate surface area is 98.6 Å². The number of nitrogens with zero attached hydrogens (tertiary/aromatic N) is 2. The lowest BCUT2D eigenvalue weighted by Crippen LogP contribution is -2.20. The molecule has 1 rings (SSSR count). The molecule has 0 aromatic carbocycles. The summed E-state index contributed by atoms with van der Waals surface area (Å²) in [5.41, 5.74) is -0.228. The minimum atomic E-state index is -0.228. The Kier molecular flexibility index (Phi) is 4.35. The first-order valence-corrected chi connectivity index (χ1v) is 6.21. The van der Waals surface area contributed by atoms with Gasteiger partial charge in [0.05, 0.1) is 5.25 Å². The van der Waals surface area contributed by atoms with E-state index in [9.17, 15) is 9.59 Å². The smallest absolute Gasteiger partial charge is 0.298 e. The van der Waals surface area contributed by atoms with Gasteiger partial charge in [0.25, 0.3) is 0 Å². The lowest BCUT2D eigenvalue weighted by molar-refractivity contribution is -0.118. The first-order valence-electron chi connectivity index (χ1n) is 5.33. The van der Waals surface area contributed by atoms with Gasteiger partial charge >= 0.3 is 5.69 Å². The average Bonchev–Trinajstić information content (AvgIpc) is 2.58. The zero-order chi connectivity index (χ0) is 12.3. The number of aromatic nitrogens is 3. The minimum Gasteiger partial charge on any atom is -0.298 e. The van der Waals surface area contributed by atoms with Crippen LogP contribution in [0, 0.1) is 0 Å². The normalized spacial score (nSPS) is 13.1. The van der Waals surface area contributed by atoms with Crippen molar-refractivity contribution in [2.45, 2.75) is 50.6 Å². The lowest BCUT2D eigenvalue weighted by atomic mass is 10.2. The van der Waals surface area contributed by atoms with Crippen LogP contribution in [0.3, 0.4) is 0 Å². The topological polar surface area (TPSA) is 67.8 Å². The number of hydrogen-bond acceptors (Lipinski definition) is 4. The van der Waals surface area contributed by atoms with Gasteiger partial charge in [0.1, 0.15) is 5.78 Å². The summed E-state index contributed by atoms with van der Waals surface area (Å²) >= 11 is 1.32. The van der Waals surface area contributed by atoms with Crippen LogP contribution in [0.2, 0.25) is 0 Å². The second kappa shape index (κ2) is 5.34. The van der Waals surface area contributed by atoms with Crippen molar-refractivity contribution in [1.29, 1.82) is 0 Å². The highest BCUT2D eigenvalue weighted by atomic mass is 32.2. The molecule has 0 saturated heterocycles. The Balaban J connectivity index is 2.90. The molecule has 0 fully saturated rings. The monoisotopic (exact) mass is 243 g/mol. The standard InChI is InChI=1S/C10H17N3O2S/c1-5-8(14)7(4)16-10-12-11-9(15)13(10)6(2)3/h6-7H,5H2,1-4H3,(H,11,15). The molecule has 0 aliphatic rings. The number of H-pyrrole nitrogens is 1. The van der Waals surface area contributed by atoms with Crippen molar-refractivity contribution in [2.24, 2.45) is 0 Å². The van der Waals surface area contributed by atoms with Crippen LogP contribution in [0.25, 0.3) is 0 Å². The molecule has 1 aromatic heterocycles. The van der Waals surface area contributed by atoms with Crippen molar-refractivity contribution in [3.05, 3.63) is 10.5 Å². The molecule has 1 aromatic rings. The van der Waals surface area contributed by atoms with E-state index in [0.29, 0.717) is 11.6 Å². The van der Waals surface area contributed by atoms with E-state index in [0.717, 1.165) is 0 Å². The molecule has 0 aliphatic heterocycles. The highest BCUT2D eigenvalue weighted by Crippen LogP contribution is 2.23. The van der Waals surface area contributed by atoms with E-state index in [1.165, 1.54) is 11.8 Å². The maximum atomic E-state index is 11.5. The van der Waals surface area contributed by atoms with Gasteiger partial charge in [-0.1, -0.05) is 18.7 Å². The van der Waals surface area contributed by atoms with Crippen molar-refractivity contribution in [1.82, 2.24) is 14.8 Å². The summed E-state index contributed by atoms with van der Waals surface area (Å²) in [5.74, 6) is 0.163. The second-order valence-corrected chi connectivity index (χ2v) is 5.16. The van der Waals surface area contributed by atoms with Crippen molar-refractivity contribution in [3.8, 4) is 0 Å². The molecule has 0 radical (unpaired) electrons. The molecule has 0 bridgehead atoms. The van der Waals surface area contributed by atoms with Crippen molar-refractivity contribution in [2.75, 3.05) is 0 Å². The number of nitrogens with one attached hydrogen (secondary N) is 1. The van der Waals surface area contributed by atoms with Crippen molar-refractivity contribution >= 4 is 17.5 Å². The van der Waals surface area contributed by atoms with Crippen molar-refractivity contribution in [3.63, 3.8) is 0 Å². The molecule has 0 aliphatic carbocycles. The van der Waals surface area contributed by atoms with Crippen molar-refractivity contribution < 1.29 is 4.79 Å². The minimum absolute atomic E-state index is 0.0395. The Bertz CT molecular complexity index is 422. The Hall–Kier alpha value is -1.04. The quantitative estimate of drug-likeness (QED) is 0.798. The zero-order valence-electron chi connectivity index (χ0n) is 9.98. The van der Waals surface area contributed by atoms with Crippen LogP contribution in [0.1, 0.15) is 40.2 Å². The highest BCUT2D eigenvalue weighted by molar-refractivity contribution is 8.00. The molecule has 0 amide bonds. The fourth-order valence-corrected chi connectivity index (χ4v) is 2.46. The molecule has 1 unspecified atom stereocenters. The van der Waals surface area contributed by atoms with Crippen LogP contribution in [-0.4, -0.2) is 25.8 Å². The van der Waals surface area contributed by atoms with Gasteiger partial charge in [0.15, 0.2) is 5.16 Å². The Morgan fingerprint density at radius 2 is 2.12 bits per heavy atom. The molecule has 1 atom stereocenters. The first-order chi connectivity index (χ1) is 7.47. The summed E-state index contributed by atoms with van der Waals surface area (Å²) in [6, 6.07) is 0.0395. The van der Waals surface area contributed by atoms with Crippen LogP contribution >= 0.6 is 11.8 Å². The zero-order valence-corrected chi connectivity index (χ0v) is 10.8. The summed E-state index contributed by atoms with van der Waals surface area (Å²) in [7, 11) is 0. The van der Waals surface area contributed by atoms with Crippen LogP contribution < -0.4 is 5.69 Å². The van der Waals surface area contributed by atoms with Crippen LogP contribution in [0.4, 0.5) is 0 Å². The molecule has 0 spiro atoms. The second-order valence-electron chi connectivity index (χ2n) is 3.86. The average molecular weight is 243 g/mol. The van der Waals surface area contributed by atoms with Gasteiger partial charge in [-0.3, -0.25) is 9.36 Å². The Morgan fingerprint density at radius 1 is 1.50 bits per heavy atom. The number of hydrogen-bond donors (Lipinski definition) is 1. The predicted octanol–water partition coefficient (Wildman–Crippen LogP) is 1.61.